The molecule has 0 bridgehead atoms. The Morgan fingerprint density at radius 3 is 2.46 bits per heavy atom. The molecule has 3 aromatic rings. The summed E-state index contributed by atoms with van der Waals surface area (Å²) >= 11 is 5.84. The van der Waals surface area contributed by atoms with Gasteiger partial charge in [-0.1, -0.05) is 11.6 Å². The van der Waals surface area contributed by atoms with Gasteiger partial charge in [-0.15, -0.1) is 0 Å². The van der Waals surface area contributed by atoms with Crippen molar-refractivity contribution in [2.45, 2.75) is 44.1 Å². The third kappa shape index (κ3) is 4.50. The van der Waals surface area contributed by atoms with Crippen LogP contribution in [0.15, 0.2) is 24.5 Å². The van der Waals surface area contributed by atoms with E-state index in [1.165, 1.54) is 29.8 Å². The molecule has 5 rings (SSSR count). The van der Waals surface area contributed by atoms with Crippen LogP contribution in [0.1, 0.15) is 60.4 Å². The summed E-state index contributed by atoms with van der Waals surface area (Å²) in [5, 5.41) is 20.5. The maximum Gasteiger partial charge on any atom is 0.274 e. The van der Waals surface area contributed by atoms with E-state index in [1.54, 1.807) is 25.0 Å². The van der Waals surface area contributed by atoms with Crippen molar-refractivity contribution in [3.63, 3.8) is 0 Å². The summed E-state index contributed by atoms with van der Waals surface area (Å²) in [6.45, 7) is 1.27. The molecular formula is C25H27ClF2N6O3. The summed E-state index contributed by atoms with van der Waals surface area (Å²) in [7, 11) is 3.28. The van der Waals surface area contributed by atoms with Gasteiger partial charge in [0.1, 0.15) is 22.8 Å². The zero-order valence-electron chi connectivity index (χ0n) is 20.6. The quantitative estimate of drug-likeness (QED) is 0.458. The minimum absolute atomic E-state index is 0.00960. The molecule has 2 amide bonds. The largest absolute Gasteiger partial charge is 0.383 e. The van der Waals surface area contributed by atoms with E-state index in [0.717, 1.165) is 0 Å². The minimum Gasteiger partial charge on any atom is -0.383 e. The molecule has 0 spiro atoms. The average Bonchev–Trinajstić information content (AvgIpc) is 3.52. The van der Waals surface area contributed by atoms with Crippen LogP contribution in [-0.4, -0.2) is 36.3 Å². The van der Waals surface area contributed by atoms with E-state index in [2.05, 4.69) is 20.7 Å². The Kier molecular flexibility index (Phi) is 6.31. The molecular weight excluding hydrogens is 506 g/mol. The zero-order chi connectivity index (χ0) is 26.6. The molecule has 9 nitrogen and oxygen atoms in total. The van der Waals surface area contributed by atoms with Crippen molar-refractivity contribution in [2.75, 3.05) is 10.6 Å². The molecule has 2 saturated carbocycles. The zero-order valence-corrected chi connectivity index (χ0v) is 21.3. The number of aliphatic hydroxyl groups is 1. The molecule has 2 aromatic heterocycles. The van der Waals surface area contributed by atoms with Crippen molar-refractivity contribution >= 4 is 34.9 Å². The van der Waals surface area contributed by atoms with E-state index >= 15 is 4.39 Å². The summed E-state index contributed by atoms with van der Waals surface area (Å²) in [6.07, 6.45) is 3.63. The van der Waals surface area contributed by atoms with E-state index in [4.69, 9.17) is 11.6 Å². The van der Waals surface area contributed by atoms with Crippen molar-refractivity contribution in [3.8, 4) is 0 Å². The molecule has 0 radical (unpaired) electrons. The first-order valence-corrected chi connectivity index (χ1v) is 12.3. The van der Waals surface area contributed by atoms with Gasteiger partial charge < -0.3 is 20.3 Å². The number of halogens is 3. The van der Waals surface area contributed by atoms with Crippen LogP contribution < -0.4 is 10.6 Å². The molecule has 0 saturated heterocycles. The van der Waals surface area contributed by atoms with Crippen LogP contribution >= 0.6 is 11.6 Å². The van der Waals surface area contributed by atoms with Gasteiger partial charge in [-0.05, 0) is 55.7 Å². The van der Waals surface area contributed by atoms with Crippen molar-refractivity contribution in [1.29, 1.82) is 0 Å². The predicted molar refractivity (Wildman–Crippen MR) is 132 cm³/mol. The smallest absolute Gasteiger partial charge is 0.274 e. The number of fused-ring (bicyclic) bond motifs is 1. The van der Waals surface area contributed by atoms with Crippen LogP contribution in [0.3, 0.4) is 0 Å². The fourth-order valence-electron chi connectivity index (χ4n) is 6.12. The molecule has 2 heterocycles. The third-order valence-corrected chi connectivity index (χ3v) is 7.80. The average molecular weight is 533 g/mol. The highest BCUT2D eigenvalue weighted by molar-refractivity contribution is 6.31. The van der Waals surface area contributed by atoms with E-state index in [0.29, 0.717) is 42.8 Å². The van der Waals surface area contributed by atoms with Gasteiger partial charge in [0.25, 0.3) is 5.91 Å². The van der Waals surface area contributed by atoms with Crippen LogP contribution in [-0.2, 0) is 24.5 Å². The molecule has 2 aliphatic carbocycles. The second-order valence-electron chi connectivity index (χ2n) is 10.1. The Morgan fingerprint density at radius 2 is 1.84 bits per heavy atom. The number of benzene rings is 1. The first-order valence-electron chi connectivity index (χ1n) is 12.0. The SMILES string of the molecule is CC(=O)Nc1nn(C)c(C2(O)CC3CC(c4ncn(C)c4C(=O)Nc4ccc(F)c(Cl)c4)CC3C2)c1F. The highest BCUT2D eigenvalue weighted by Gasteiger charge is 2.53. The number of hydrogen-bond donors (Lipinski definition) is 3. The van der Waals surface area contributed by atoms with Crippen LogP contribution in [0.25, 0.3) is 0 Å². The Hall–Kier alpha value is -3.31. The molecule has 12 heteroatoms. The number of aryl methyl sites for hydroxylation is 2. The topological polar surface area (TPSA) is 114 Å². The summed E-state index contributed by atoms with van der Waals surface area (Å²) in [4.78, 5) is 29.0. The number of rotatable bonds is 5. The van der Waals surface area contributed by atoms with E-state index in [9.17, 15) is 19.1 Å². The van der Waals surface area contributed by atoms with Crippen LogP contribution in [0.5, 0.6) is 0 Å². The van der Waals surface area contributed by atoms with E-state index in [1.807, 2.05) is 0 Å². The number of nitrogens with one attached hydrogen (secondary N) is 2. The number of nitrogens with zero attached hydrogens (tertiary/aromatic N) is 4. The summed E-state index contributed by atoms with van der Waals surface area (Å²) in [6, 6.07) is 3.97. The maximum atomic E-state index is 15.1. The Balaban J connectivity index is 1.33. The van der Waals surface area contributed by atoms with E-state index < -0.39 is 23.1 Å². The minimum atomic E-state index is -1.41. The molecule has 0 aliphatic heterocycles. The van der Waals surface area contributed by atoms with Gasteiger partial charge in [0.15, 0.2) is 11.6 Å². The lowest BCUT2D eigenvalue weighted by atomic mass is 9.90. The van der Waals surface area contributed by atoms with Gasteiger partial charge in [-0.2, -0.15) is 5.10 Å². The highest BCUT2D eigenvalue weighted by atomic mass is 35.5. The lowest BCUT2D eigenvalue weighted by molar-refractivity contribution is -0.114. The Labute approximate surface area is 216 Å². The molecule has 1 aromatic carbocycles. The molecule has 3 N–H and O–H groups in total. The summed E-state index contributed by atoms with van der Waals surface area (Å²) < 4.78 is 31.5. The second kappa shape index (κ2) is 9.21. The monoisotopic (exact) mass is 532 g/mol. The van der Waals surface area contributed by atoms with Crippen molar-refractivity contribution in [1.82, 2.24) is 19.3 Å². The van der Waals surface area contributed by atoms with Gasteiger partial charge in [0.05, 0.1) is 17.0 Å². The first-order chi connectivity index (χ1) is 17.5. The number of amides is 2. The molecule has 2 aliphatic rings. The van der Waals surface area contributed by atoms with Gasteiger partial charge in [-0.3, -0.25) is 14.3 Å². The Morgan fingerprint density at radius 1 is 1.16 bits per heavy atom. The van der Waals surface area contributed by atoms with Gasteiger partial charge in [0.2, 0.25) is 5.91 Å². The summed E-state index contributed by atoms with van der Waals surface area (Å²) in [5.74, 6) is -2.13. The molecule has 196 valence electrons. The Bertz CT molecular complexity index is 1390. The summed E-state index contributed by atoms with van der Waals surface area (Å²) in [5.41, 5.74) is 0.0885. The fourth-order valence-corrected chi connectivity index (χ4v) is 6.30. The standard InChI is InChI=1S/C25H27ClF2N6O3/c1-12(35)30-23-19(28)22(34(3)32-23)25(37)9-14-6-13(7-15(14)10-25)20-21(33(2)11-29-20)24(36)31-16-4-5-18(27)17(26)8-16/h4-5,8,11,13-15,37H,6-7,9-10H2,1-3H3,(H,31,36)(H,30,32,35). The van der Waals surface area contributed by atoms with Gasteiger partial charge in [0, 0.05) is 32.6 Å². The molecule has 2 atom stereocenters. The second-order valence-corrected chi connectivity index (χ2v) is 10.5. The fraction of sp³-hybridized carbons (Fsp3) is 0.440. The van der Waals surface area contributed by atoms with Crippen LogP contribution in [0, 0.1) is 23.5 Å². The number of hydrogen-bond acceptors (Lipinski definition) is 5. The number of aromatic nitrogens is 4. The van der Waals surface area contributed by atoms with Crippen LogP contribution in [0.4, 0.5) is 20.3 Å². The molecule has 2 fully saturated rings. The van der Waals surface area contributed by atoms with Gasteiger partial charge in [-0.25, -0.2) is 13.8 Å². The van der Waals surface area contributed by atoms with Crippen molar-refractivity contribution in [2.24, 2.45) is 25.9 Å². The number of carbonyl (C=O) groups excluding carboxylic acids is 2. The van der Waals surface area contributed by atoms with Crippen LogP contribution in [0.2, 0.25) is 5.02 Å². The van der Waals surface area contributed by atoms with E-state index in [-0.39, 0.29) is 40.2 Å². The van der Waals surface area contributed by atoms with Crippen molar-refractivity contribution in [3.05, 3.63) is 58.3 Å². The highest BCUT2D eigenvalue weighted by Crippen LogP contribution is 2.57. The number of imidazole rings is 1. The third-order valence-electron chi connectivity index (χ3n) is 7.51. The van der Waals surface area contributed by atoms with Crippen molar-refractivity contribution < 1.29 is 23.5 Å². The molecule has 2 unspecified atom stereocenters. The van der Waals surface area contributed by atoms with Gasteiger partial charge >= 0.3 is 0 Å². The molecule has 37 heavy (non-hydrogen) atoms. The number of anilines is 2. The maximum absolute atomic E-state index is 15.1. The normalized spacial score (nSPS) is 24.8. The predicted octanol–water partition coefficient (Wildman–Crippen LogP) is 4.09. The lowest BCUT2D eigenvalue weighted by Gasteiger charge is -2.25. The first kappa shape index (κ1) is 25.3. The lowest BCUT2D eigenvalue weighted by Crippen LogP contribution is -2.27. The number of carbonyl (C=O) groups is 2.